The highest BCUT2D eigenvalue weighted by molar-refractivity contribution is 5.82. The first kappa shape index (κ1) is 14.9. The SMILES string of the molecule is CC(CCN)C(=O)Cc1ccc(C(C)(C)C)cc1. The molecule has 1 unspecified atom stereocenters. The second kappa shape index (κ2) is 6.14. The van der Waals surface area contributed by atoms with Gasteiger partial charge in [-0.15, -0.1) is 0 Å². The van der Waals surface area contributed by atoms with Crippen molar-refractivity contribution in [1.82, 2.24) is 0 Å². The van der Waals surface area contributed by atoms with Crippen LogP contribution in [0.3, 0.4) is 0 Å². The van der Waals surface area contributed by atoms with Crippen LogP contribution in [0.2, 0.25) is 0 Å². The molecule has 0 aliphatic carbocycles. The third-order valence-electron chi connectivity index (χ3n) is 3.35. The Bertz CT molecular complexity index is 387. The minimum absolute atomic E-state index is 0.0669. The molecular formula is C16H25NO. The summed E-state index contributed by atoms with van der Waals surface area (Å²) >= 11 is 0. The maximum Gasteiger partial charge on any atom is 0.140 e. The Hall–Kier alpha value is -1.15. The Morgan fingerprint density at radius 1 is 1.22 bits per heavy atom. The Morgan fingerprint density at radius 2 is 1.78 bits per heavy atom. The number of ketones is 1. The van der Waals surface area contributed by atoms with Crippen molar-refractivity contribution in [3.05, 3.63) is 35.4 Å². The number of Topliss-reactive ketones (excluding diaryl/α,β-unsaturated/α-hetero) is 1. The lowest BCUT2D eigenvalue weighted by atomic mass is 9.86. The first-order valence-electron chi connectivity index (χ1n) is 6.67. The molecule has 18 heavy (non-hydrogen) atoms. The average molecular weight is 247 g/mol. The van der Waals surface area contributed by atoms with Crippen LogP contribution in [0.1, 0.15) is 45.2 Å². The van der Waals surface area contributed by atoms with Crippen molar-refractivity contribution in [3.63, 3.8) is 0 Å². The summed E-state index contributed by atoms with van der Waals surface area (Å²) in [5.74, 6) is 0.348. The number of rotatable bonds is 5. The fourth-order valence-corrected chi connectivity index (χ4v) is 1.91. The lowest BCUT2D eigenvalue weighted by molar-refractivity contribution is -0.121. The van der Waals surface area contributed by atoms with Gasteiger partial charge in [-0.2, -0.15) is 0 Å². The Labute approximate surface area is 111 Å². The van der Waals surface area contributed by atoms with E-state index in [1.165, 1.54) is 5.56 Å². The summed E-state index contributed by atoms with van der Waals surface area (Å²) in [7, 11) is 0. The topological polar surface area (TPSA) is 43.1 Å². The van der Waals surface area contributed by atoms with E-state index in [-0.39, 0.29) is 17.1 Å². The minimum Gasteiger partial charge on any atom is -0.330 e. The second-order valence-corrected chi connectivity index (χ2v) is 6.07. The lowest BCUT2D eigenvalue weighted by Gasteiger charge is -2.19. The molecule has 1 aromatic rings. The van der Waals surface area contributed by atoms with Crippen LogP contribution in [-0.2, 0) is 16.6 Å². The lowest BCUT2D eigenvalue weighted by Crippen LogP contribution is -2.17. The van der Waals surface area contributed by atoms with Gasteiger partial charge in [0.15, 0.2) is 0 Å². The number of carbonyl (C=O) groups is 1. The van der Waals surface area contributed by atoms with Crippen molar-refractivity contribution in [2.45, 2.75) is 46.0 Å². The van der Waals surface area contributed by atoms with Gasteiger partial charge in [0.1, 0.15) is 5.78 Å². The number of benzene rings is 1. The monoisotopic (exact) mass is 247 g/mol. The summed E-state index contributed by atoms with van der Waals surface area (Å²) in [5, 5.41) is 0. The van der Waals surface area contributed by atoms with Crippen LogP contribution in [0.4, 0.5) is 0 Å². The Morgan fingerprint density at radius 3 is 2.22 bits per heavy atom. The van der Waals surface area contributed by atoms with Gasteiger partial charge in [0, 0.05) is 12.3 Å². The second-order valence-electron chi connectivity index (χ2n) is 6.07. The highest BCUT2D eigenvalue weighted by Gasteiger charge is 2.15. The number of hydrogen-bond acceptors (Lipinski definition) is 2. The molecule has 1 aromatic carbocycles. The van der Waals surface area contributed by atoms with Crippen LogP contribution in [0, 0.1) is 5.92 Å². The standard InChI is InChI=1S/C16H25NO/c1-12(9-10-17)15(18)11-13-5-7-14(8-6-13)16(2,3)4/h5-8,12H,9-11,17H2,1-4H3. The van der Waals surface area contributed by atoms with Crippen molar-refractivity contribution < 1.29 is 4.79 Å². The molecule has 0 saturated carbocycles. The van der Waals surface area contributed by atoms with Crippen molar-refractivity contribution >= 4 is 5.78 Å². The van der Waals surface area contributed by atoms with E-state index in [1.54, 1.807) is 0 Å². The summed E-state index contributed by atoms with van der Waals surface area (Å²) in [5.41, 5.74) is 8.03. The van der Waals surface area contributed by atoms with Crippen molar-refractivity contribution in [2.75, 3.05) is 6.54 Å². The highest BCUT2D eigenvalue weighted by atomic mass is 16.1. The normalized spacial score (nSPS) is 13.4. The van der Waals surface area contributed by atoms with Gasteiger partial charge in [0.2, 0.25) is 0 Å². The molecule has 0 spiro atoms. The van der Waals surface area contributed by atoms with E-state index < -0.39 is 0 Å². The largest absolute Gasteiger partial charge is 0.330 e. The van der Waals surface area contributed by atoms with Crippen molar-refractivity contribution in [2.24, 2.45) is 11.7 Å². The summed E-state index contributed by atoms with van der Waals surface area (Å²) in [6, 6.07) is 8.37. The molecule has 0 aliphatic heterocycles. The molecule has 1 atom stereocenters. The molecule has 0 bridgehead atoms. The molecule has 0 heterocycles. The molecule has 0 aliphatic rings. The third-order valence-corrected chi connectivity index (χ3v) is 3.35. The fourth-order valence-electron chi connectivity index (χ4n) is 1.91. The Balaban J connectivity index is 2.67. The van der Waals surface area contributed by atoms with Gasteiger partial charge in [-0.25, -0.2) is 0 Å². The van der Waals surface area contributed by atoms with Crippen molar-refractivity contribution in [3.8, 4) is 0 Å². The summed E-state index contributed by atoms with van der Waals surface area (Å²) in [6.07, 6.45) is 1.30. The first-order chi connectivity index (χ1) is 8.34. The zero-order valence-electron chi connectivity index (χ0n) is 12.0. The summed E-state index contributed by atoms with van der Waals surface area (Å²) in [6.45, 7) is 9.11. The van der Waals surface area contributed by atoms with Gasteiger partial charge < -0.3 is 5.73 Å². The number of carbonyl (C=O) groups excluding carboxylic acids is 1. The van der Waals surface area contributed by atoms with Crippen LogP contribution in [0.5, 0.6) is 0 Å². The fraction of sp³-hybridized carbons (Fsp3) is 0.562. The van der Waals surface area contributed by atoms with Gasteiger partial charge in [-0.1, -0.05) is 52.0 Å². The highest BCUT2D eigenvalue weighted by Crippen LogP contribution is 2.22. The Kier molecular flexibility index (Phi) is 5.09. The van der Waals surface area contributed by atoms with E-state index in [9.17, 15) is 4.79 Å². The summed E-state index contributed by atoms with van der Waals surface area (Å²) in [4.78, 5) is 11.9. The van der Waals surface area contributed by atoms with E-state index in [1.807, 2.05) is 6.92 Å². The van der Waals surface area contributed by atoms with E-state index >= 15 is 0 Å². The predicted octanol–water partition coefficient (Wildman–Crippen LogP) is 3.08. The molecule has 2 nitrogen and oxygen atoms in total. The molecule has 2 N–H and O–H groups in total. The predicted molar refractivity (Wildman–Crippen MR) is 76.7 cm³/mol. The van der Waals surface area contributed by atoms with E-state index in [4.69, 9.17) is 5.73 Å². The van der Waals surface area contributed by atoms with Gasteiger partial charge in [0.05, 0.1) is 0 Å². The van der Waals surface area contributed by atoms with Gasteiger partial charge in [-0.3, -0.25) is 4.79 Å². The van der Waals surface area contributed by atoms with Crippen LogP contribution in [0.15, 0.2) is 24.3 Å². The van der Waals surface area contributed by atoms with Gasteiger partial charge in [0.25, 0.3) is 0 Å². The maximum absolute atomic E-state index is 11.9. The van der Waals surface area contributed by atoms with E-state index in [2.05, 4.69) is 45.0 Å². The van der Waals surface area contributed by atoms with Crippen LogP contribution >= 0.6 is 0 Å². The van der Waals surface area contributed by atoms with Crippen LogP contribution in [-0.4, -0.2) is 12.3 Å². The third kappa shape index (κ3) is 4.26. The van der Waals surface area contributed by atoms with E-state index in [0.29, 0.717) is 13.0 Å². The van der Waals surface area contributed by atoms with Gasteiger partial charge in [-0.05, 0) is 29.5 Å². The molecule has 0 fully saturated rings. The molecule has 0 amide bonds. The van der Waals surface area contributed by atoms with Gasteiger partial charge >= 0.3 is 0 Å². The van der Waals surface area contributed by atoms with Crippen LogP contribution < -0.4 is 5.73 Å². The summed E-state index contributed by atoms with van der Waals surface area (Å²) < 4.78 is 0. The quantitative estimate of drug-likeness (QED) is 0.869. The van der Waals surface area contributed by atoms with Crippen molar-refractivity contribution in [1.29, 1.82) is 0 Å². The first-order valence-corrected chi connectivity index (χ1v) is 6.67. The molecular weight excluding hydrogens is 222 g/mol. The smallest absolute Gasteiger partial charge is 0.140 e. The van der Waals surface area contributed by atoms with E-state index in [0.717, 1.165) is 12.0 Å². The molecule has 0 saturated heterocycles. The average Bonchev–Trinajstić information content (AvgIpc) is 2.28. The number of hydrogen-bond donors (Lipinski definition) is 1. The molecule has 1 rings (SSSR count). The number of nitrogens with two attached hydrogens (primary N) is 1. The molecule has 0 radical (unpaired) electrons. The zero-order chi connectivity index (χ0) is 13.8. The van der Waals surface area contributed by atoms with Crippen LogP contribution in [0.25, 0.3) is 0 Å². The molecule has 100 valence electrons. The molecule has 2 heteroatoms. The minimum atomic E-state index is 0.0669. The molecule has 0 aromatic heterocycles. The maximum atomic E-state index is 11.9. The zero-order valence-corrected chi connectivity index (χ0v) is 12.0.